The van der Waals surface area contributed by atoms with Crippen molar-refractivity contribution in [3.63, 3.8) is 0 Å². The summed E-state index contributed by atoms with van der Waals surface area (Å²) in [6.45, 7) is 2.11. The molecule has 0 atom stereocenters. The minimum atomic E-state index is 0.811. The molecule has 0 saturated carbocycles. The summed E-state index contributed by atoms with van der Waals surface area (Å²) in [6, 6.07) is 12.9. The van der Waals surface area contributed by atoms with Crippen LogP contribution in [0.4, 0.5) is 0 Å². The SMILES string of the molecule is CCc1c(OC)[c]ccc1-c1ccccn1. The van der Waals surface area contributed by atoms with E-state index in [2.05, 4.69) is 18.0 Å². The van der Waals surface area contributed by atoms with Gasteiger partial charge in [-0.2, -0.15) is 0 Å². The molecule has 0 aliphatic rings. The molecule has 2 heteroatoms. The lowest BCUT2D eigenvalue weighted by Crippen LogP contribution is -1.95. The first-order valence-electron chi connectivity index (χ1n) is 5.35. The fourth-order valence-corrected chi connectivity index (χ4v) is 1.81. The van der Waals surface area contributed by atoms with Crippen LogP contribution in [0.1, 0.15) is 12.5 Å². The van der Waals surface area contributed by atoms with Gasteiger partial charge in [0.2, 0.25) is 0 Å². The monoisotopic (exact) mass is 212 g/mol. The summed E-state index contributed by atoms with van der Waals surface area (Å²) in [5.74, 6) is 0.811. The Balaban J connectivity index is 2.57. The fourth-order valence-electron chi connectivity index (χ4n) is 1.81. The number of pyridine rings is 1. The molecule has 0 N–H and O–H groups in total. The van der Waals surface area contributed by atoms with Crippen LogP contribution in [0.2, 0.25) is 0 Å². The summed E-state index contributed by atoms with van der Waals surface area (Å²) in [7, 11) is 1.67. The smallest absolute Gasteiger partial charge is 0.130 e. The lowest BCUT2D eigenvalue weighted by atomic mass is 10.0. The maximum absolute atomic E-state index is 5.32. The van der Waals surface area contributed by atoms with Crippen LogP contribution >= 0.6 is 0 Å². The zero-order valence-corrected chi connectivity index (χ0v) is 9.53. The van der Waals surface area contributed by atoms with Gasteiger partial charge in [-0.1, -0.05) is 19.1 Å². The van der Waals surface area contributed by atoms with E-state index in [1.165, 1.54) is 0 Å². The molecule has 0 spiro atoms. The van der Waals surface area contributed by atoms with Crippen molar-refractivity contribution in [1.82, 2.24) is 4.98 Å². The Kier molecular flexibility index (Phi) is 3.20. The first kappa shape index (κ1) is 10.7. The topological polar surface area (TPSA) is 22.1 Å². The summed E-state index contributed by atoms with van der Waals surface area (Å²) in [5.41, 5.74) is 3.26. The highest BCUT2D eigenvalue weighted by Crippen LogP contribution is 2.29. The van der Waals surface area contributed by atoms with Gasteiger partial charge in [0.05, 0.1) is 12.8 Å². The second kappa shape index (κ2) is 4.79. The van der Waals surface area contributed by atoms with Crippen molar-refractivity contribution >= 4 is 0 Å². The second-order valence-electron chi connectivity index (χ2n) is 3.47. The number of hydrogen-bond acceptors (Lipinski definition) is 2. The Morgan fingerprint density at radius 2 is 2.19 bits per heavy atom. The third-order valence-corrected chi connectivity index (χ3v) is 2.56. The maximum atomic E-state index is 5.32. The van der Waals surface area contributed by atoms with Crippen LogP contribution in [-0.4, -0.2) is 12.1 Å². The Labute approximate surface area is 95.9 Å². The summed E-state index contributed by atoms with van der Waals surface area (Å²) >= 11 is 0. The molecule has 2 rings (SSSR count). The van der Waals surface area contributed by atoms with Crippen molar-refractivity contribution in [2.24, 2.45) is 0 Å². The summed E-state index contributed by atoms with van der Waals surface area (Å²) < 4.78 is 5.32. The number of rotatable bonds is 3. The third-order valence-electron chi connectivity index (χ3n) is 2.56. The average Bonchev–Trinajstić information content (AvgIpc) is 2.38. The second-order valence-corrected chi connectivity index (χ2v) is 3.47. The van der Waals surface area contributed by atoms with E-state index in [0.717, 1.165) is 29.0 Å². The molecule has 0 aliphatic heterocycles. The predicted octanol–water partition coefficient (Wildman–Crippen LogP) is 3.12. The number of aromatic nitrogens is 1. The van der Waals surface area contributed by atoms with Crippen LogP contribution in [0.5, 0.6) is 5.75 Å². The van der Waals surface area contributed by atoms with E-state index >= 15 is 0 Å². The quantitative estimate of drug-likeness (QED) is 0.779. The lowest BCUT2D eigenvalue weighted by Gasteiger charge is -2.11. The molecule has 2 aromatic rings. The van der Waals surface area contributed by atoms with Crippen LogP contribution in [-0.2, 0) is 6.42 Å². The van der Waals surface area contributed by atoms with Crippen molar-refractivity contribution in [1.29, 1.82) is 0 Å². The highest BCUT2D eigenvalue weighted by atomic mass is 16.5. The minimum absolute atomic E-state index is 0.811. The fraction of sp³-hybridized carbons (Fsp3) is 0.214. The average molecular weight is 212 g/mol. The van der Waals surface area contributed by atoms with E-state index < -0.39 is 0 Å². The molecule has 0 saturated heterocycles. The van der Waals surface area contributed by atoms with Gasteiger partial charge in [0.1, 0.15) is 5.75 Å². The van der Waals surface area contributed by atoms with E-state index in [1.54, 1.807) is 13.3 Å². The molecule has 0 fully saturated rings. The summed E-state index contributed by atoms with van der Waals surface area (Å²) in [5, 5.41) is 0. The molecule has 0 unspecified atom stereocenters. The molecule has 1 heterocycles. The van der Waals surface area contributed by atoms with Crippen LogP contribution in [0, 0.1) is 6.07 Å². The molecule has 16 heavy (non-hydrogen) atoms. The van der Waals surface area contributed by atoms with Crippen LogP contribution in [0.3, 0.4) is 0 Å². The van der Waals surface area contributed by atoms with Crippen molar-refractivity contribution in [2.45, 2.75) is 13.3 Å². The van der Waals surface area contributed by atoms with Crippen LogP contribution < -0.4 is 4.74 Å². The standard InChI is InChI=1S/C14H14NO/c1-3-11-12(7-6-9-14(11)16-2)13-8-4-5-10-15-13/h4-8,10H,3H2,1-2H3. The number of nitrogens with zero attached hydrogens (tertiary/aromatic N) is 1. The Morgan fingerprint density at radius 3 is 2.81 bits per heavy atom. The van der Waals surface area contributed by atoms with E-state index in [4.69, 9.17) is 4.74 Å². The Morgan fingerprint density at radius 1 is 1.31 bits per heavy atom. The van der Waals surface area contributed by atoms with Gasteiger partial charge in [0.25, 0.3) is 0 Å². The van der Waals surface area contributed by atoms with Crippen molar-refractivity contribution < 1.29 is 4.74 Å². The van der Waals surface area contributed by atoms with Crippen molar-refractivity contribution in [3.05, 3.63) is 48.2 Å². The van der Waals surface area contributed by atoms with Gasteiger partial charge in [0, 0.05) is 23.4 Å². The number of benzene rings is 1. The largest absolute Gasteiger partial charge is 0.496 e. The first-order chi connectivity index (χ1) is 7.86. The molecular weight excluding hydrogens is 198 g/mol. The Bertz CT molecular complexity index is 465. The minimum Gasteiger partial charge on any atom is -0.496 e. The zero-order valence-electron chi connectivity index (χ0n) is 9.53. The van der Waals surface area contributed by atoms with Crippen molar-refractivity contribution in [3.8, 4) is 17.0 Å². The summed E-state index contributed by atoms with van der Waals surface area (Å²) in [4.78, 5) is 4.36. The highest BCUT2D eigenvalue weighted by molar-refractivity contribution is 5.66. The van der Waals surface area contributed by atoms with E-state index in [9.17, 15) is 0 Å². The molecule has 0 amide bonds. The predicted molar refractivity (Wildman–Crippen MR) is 64.4 cm³/mol. The number of ether oxygens (including phenoxy) is 1. The van der Waals surface area contributed by atoms with Gasteiger partial charge < -0.3 is 4.74 Å². The van der Waals surface area contributed by atoms with Gasteiger partial charge in [0.15, 0.2) is 0 Å². The van der Waals surface area contributed by atoms with E-state index in [0.29, 0.717) is 0 Å². The maximum Gasteiger partial charge on any atom is 0.130 e. The molecule has 1 radical (unpaired) electrons. The lowest BCUT2D eigenvalue weighted by molar-refractivity contribution is 0.409. The molecule has 81 valence electrons. The number of hydrogen-bond donors (Lipinski definition) is 0. The van der Waals surface area contributed by atoms with Crippen LogP contribution in [0.15, 0.2) is 36.5 Å². The van der Waals surface area contributed by atoms with E-state index in [1.807, 2.05) is 30.3 Å². The van der Waals surface area contributed by atoms with Crippen LogP contribution in [0.25, 0.3) is 11.3 Å². The molecule has 0 bridgehead atoms. The third kappa shape index (κ3) is 1.91. The van der Waals surface area contributed by atoms with Crippen molar-refractivity contribution in [2.75, 3.05) is 7.11 Å². The van der Waals surface area contributed by atoms with E-state index in [-0.39, 0.29) is 0 Å². The molecule has 2 nitrogen and oxygen atoms in total. The van der Waals surface area contributed by atoms with Gasteiger partial charge in [-0.25, -0.2) is 0 Å². The van der Waals surface area contributed by atoms with Gasteiger partial charge in [-0.3, -0.25) is 4.98 Å². The Hall–Kier alpha value is -1.83. The van der Waals surface area contributed by atoms with Gasteiger partial charge in [-0.05, 0) is 24.6 Å². The molecule has 0 aliphatic carbocycles. The number of methoxy groups -OCH3 is 1. The zero-order chi connectivity index (χ0) is 11.4. The highest BCUT2D eigenvalue weighted by Gasteiger charge is 2.09. The van der Waals surface area contributed by atoms with Gasteiger partial charge >= 0.3 is 0 Å². The summed E-state index contributed by atoms with van der Waals surface area (Å²) in [6.07, 6.45) is 2.71. The van der Waals surface area contributed by atoms with Gasteiger partial charge in [-0.15, -0.1) is 0 Å². The molecule has 1 aromatic heterocycles. The molecular formula is C14H14NO. The normalized spacial score (nSPS) is 10.1. The molecule has 1 aromatic carbocycles. The first-order valence-corrected chi connectivity index (χ1v) is 5.35.